The van der Waals surface area contributed by atoms with Gasteiger partial charge in [0.25, 0.3) is 0 Å². The van der Waals surface area contributed by atoms with Crippen molar-refractivity contribution in [1.29, 1.82) is 0 Å². The largest absolute Gasteiger partial charge is 0.292 e. The lowest BCUT2D eigenvalue weighted by Crippen LogP contribution is -2.02. The maximum atomic E-state index is 15.3. The third-order valence-corrected chi connectivity index (χ3v) is 12.8. The van der Waals surface area contributed by atoms with Gasteiger partial charge in [-0.05, 0) is 146 Å². The molecule has 9 nitrogen and oxygen atoms in total. The monoisotopic (exact) mass is 939 g/mol. The summed E-state index contributed by atoms with van der Waals surface area (Å²) in [7, 11) is 0. The van der Waals surface area contributed by atoms with Gasteiger partial charge in [-0.3, -0.25) is 13.7 Å². The van der Waals surface area contributed by atoms with Crippen LogP contribution in [0.4, 0.5) is 13.2 Å². The van der Waals surface area contributed by atoms with Crippen molar-refractivity contribution in [3.63, 3.8) is 0 Å². The highest BCUT2D eigenvalue weighted by Crippen LogP contribution is 2.36. The summed E-state index contributed by atoms with van der Waals surface area (Å²) in [5, 5.41) is 0. The van der Waals surface area contributed by atoms with Crippen molar-refractivity contribution >= 4 is 33.1 Å². The average molecular weight is 940 g/mol. The highest BCUT2D eigenvalue weighted by molar-refractivity contribution is 5.86. The van der Waals surface area contributed by atoms with Crippen LogP contribution in [0, 0.1) is 17.5 Å². The molecule has 0 atom stereocenters. The Kier molecular flexibility index (Phi) is 10.2. The summed E-state index contributed by atoms with van der Waals surface area (Å²) in [5.41, 5.74) is 10.3. The Labute approximate surface area is 409 Å². The molecule has 0 N–H and O–H groups in total. The maximum absolute atomic E-state index is 15.3. The number of hydrogen-bond acceptors (Lipinski definition) is 6. The standard InChI is InChI=1S/C60H36F3N9/c61-46-16-4-1-13-43(46)58-64-49-19-7-10-22-52(49)70(58)40-31-25-37(26-32-40)55-67-56(38-27-33-41(34-28-38)71-53-23-11-8-20-50(53)65-59(71)44-14-2-5-17-47(44)62)69-57(68-55)39-29-35-42(36-30-39)72-54-24-12-9-21-51(54)66-60(72)45-15-3-6-18-48(45)63/h1-36H. The summed E-state index contributed by atoms with van der Waals surface area (Å²) in [4.78, 5) is 29.8. The van der Waals surface area contributed by atoms with E-state index in [2.05, 4.69) is 0 Å². The Balaban J connectivity index is 0.931. The summed E-state index contributed by atoms with van der Waals surface area (Å²) in [5.74, 6) is 1.59. The lowest BCUT2D eigenvalue weighted by atomic mass is 10.1. The van der Waals surface area contributed by atoms with E-state index in [-0.39, 0.29) is 17.5 Å². The number of nitrogens with zero attached hydrogens (tertiary/aromatic N) is 9. The molecule has 0 spiro atoms. The van der Waals surface area contributed by atoms with Gasteiger partial charge >= 0.3 is 0 Å². The molecule has 0 saturated carbocycles. The van der Waals surface area contributed by atoms with Gasteiger partial charge in [-0.15, -0.1) is 0 Å². The molecule has 0 saturated heterocycles. The van der Waals surface area contributed by atoms with Gasteiger partial charge in [-0.1, -0.05) is 72.8 Å². The zero-order chi connectivity index (χ0) is 48.3. The minimum Gasteiger partial charge on any atom is -0.292 e. The second-order valence-corrected chi connectivity index (χ2v) is 17.2. The van der Waals surface area contributed by atoms with Gasteiger partial charge in [0.1, 0.15) is 34.9 Å². The molecule has 342 valence electrons. The minimum atomic E-state index is -0.371. The molecule has 0 aliphatic carbocycles. The summed E-state index contributed by atoms with van der Waals surface area (Å²) in [6, 6.07) is 66.4. The Morgan fingerprint density at radius 1 is 0.250 bits per heavy atom. The number of rotatable bonds is 9. The first-order chi connectivity index (χ1) is 35.4. The first-order valence-electron chi connectivity index (χ1n) is 23.2. The van der Waals surface area contributed by atoms with Crippen LogP contribution >= 0.6 is 0 Å². The molecule has 0 amide bonds. The molecule has 4 aromatic heterocycles. The van der Waals surface area contributed by atoms with Crippen LogP contribution in [0.5, 0.6) is 0 Å². The molecule has 0 fully saturated rings. The van der Waals surface area contributed by atoms with E-state index in [9.17, 15) is 0 Å². The fraction of sp³-hybridized carbons (Fsp3) is 0. The zero-order valence-corrected chi connectivity index (χ0v) is 37.9. The van der Waals surface area contributed by atoms with Crippen LogP contribution in [0.15, 0.2) is 218 Å². The third kappa shape index (κ3) is 7.28. The molecule has 0 radical (unpaired) electrons. The highest BCUT2D eigenvalue weighted by atomic mass is 19.1. The van der Waals surface area contributed by atoms with E-state index >= 15 is 13.2 Å². The minimum absolute atomic E-state index is 0.371. The summed E-state index contributed by atoms with van der Waals surface area (Å²) in [6.45, 7) is 0. The van der Waals surface area contributed by atoms with Crippen molar-refractivity contribution in [2.75, 3.05) is 0 Å². The molecule has 12 heteroatoms. The van der Waals surface area contributed by atoms with Crippen molar-refractivity contribution in [1.82, 2.24) is 43.6 Å². The van der Waals surface area contributed by atoms with E-state index in [1.54, 1.807) is 54.6 Å². The summed E-state index contributed by atoms with van der Waals surface area (Å²) >= 11 is 0. The van der Waals surface area contributed by atoms with Crippen LogP contribution in [-0.4, -0.2) is 43.6 Å². The quantitative estimate of drug-likeness (QED) is 0.143. The van der Waals surface area contributed by atoms with Crippen LogP contribution < -0.4 is 0 Å². The number of hydrogen-bond donors (Lipinski definition) is 0. The predicted octanol–water partition coefficient (Wildman–Crippen LogP) is 14.3. The summed E-state index contributed by atoms with van der Waals surface area (Å²) < 4.78 is 51.9. The molecule has 0 aliphatic heterocycles. The zero-order valence-electron chi connectivity index (χ0n) is 37.9. The number of fused-ring (bicyclic) bond motifs is 3. The molecule has 0 bridgehead atoms. The van der Waals surface area contributed by atoms with Crippen molar-refractivity contribution in [3.8, 4) is 85.4 Å². The van der Waals surface area contributed by atoms with Gasteiger partial charge < -0.3 is 0 Å². The number of aromatic nitrogens is 9. The Hall–Kier alpha value is -9.81. The highest BCUT2D eigenvalue weighted by Gasteiger charge is 2.22. The number of halogens is 3. The molecular formula is C60H36F3N9. The van der Waals surface area contributed by atoms with Crippen LogP contribution in [0.3, 0.4) is 0 Å². The molecular weight excluding hydrogens is 904 g/mol. The average Bonchev–Trinajstić information content (AvgIpc) is 4.13. The molecule has 4 heterocycles. The van der Waals surface area contributed by atoms with Crippen LogP contribution in [0.25, 0.3) is 118 Å². The van der Waals surface area contributed by atoms with Crippen molar-refractivity contribution in [3.05, 3.63) is 236 Å². The van der Waals surface area contributed by atoms with Crippen LogP contribution in [0.2, 0.25) is 0 Å². The topological polar surface area (TPSA) is 92.1 Å². The van der Waals surface area contributed by atoms with Gasteiger partial charge in [0, 0.05) is 33.8 Å². The van der Waals surface area contributed by atoms with Gasteiger partial charge in [0.2, 0.25) is 0 Å². The molecule has 0 unspecified atom stereocenters. The number of benzene rings is 9. The summed E-state index contributed by atoms with van der Waals surface area (Å²) in [6.07, 6.45) is 0. The Bertz CT molecular complexity index is 3750. The maximum Gasteiger partial charge on any atom is 0.164 e. The second kappa shape index (κ2) is 17.3. The van der Waals surface area contributed by atoms with Crippen LogP contribution in [-0.2, 0) is 0 Å². The van der Waals surface area contributed by atoms with E-state index in [1.165, 1.54) is 18.2 Å². The van der Waals surface area contributed by atoms with Crippen molar-refractivity contribution in [2.24, 2.45) is 0 Å². The lowest BCUT2D eigenvalue weighted by molar-refractivity contribution is 0.629. The first kappa shape index (κ1) is 42.3. The van der Waals surface area contributed by atoms with Gasteiger partial charge in [0.05, 0.1) is 49.8 Å². The molecule has 13 rings (SSSR count). The molecule has 13 aromatic rings. The van der Waals surface area contributed by atoms with E-state index < -0.39 is 0 Å². The van der Waals surface area contributed by atoms with Gasteiger partial charge in [-0.2, -0.15) is 0 Å². The van der Waals surface area contributed by atoms with Crippen LogP contribution in [0.1, 0.15) is 0 Å². The predicted molar refractivity (Wildman–Crippen MR) is 276 cm³/mol. The Morgan fingerprint density at radius 2 is 0.500 bits per heavy atom. The smallest absolute Gasteiger partial charge is 0.164 e. The second-order valence-electron chi connectivity index (χ2n) is 17.2. The molecule has 0 aliphatic rings. The molecule has 9 aromatic carbocycles. The van der Waals surface area contributed by atoms with E-state index in [0.717, 1.165) is 50.2 Å². The SMILES string of the molecule is Fc1ccccc1-c1nc2ccccc2n1-c1ccc(-c2nc(-c3ccc(-n4c(-c5ccccc5F)nc5ccccc54)cc3)nc(-c3ccc(-n4c(-c5ccccc5F)nc5ccccc54)cc3)n2)cc1. The van der Waals surface area contributed by atoms with E-state index in [0.29, 0.717) is 68.3 Å². The Morgan fingerprint density at radius 3 is 0.778 bits per heavy atom. The first-order valence-corrected chi connectivity index (χ1v) is 23.2. The van der Waals surface area contributed by atoms with Crippen molar-refractivity contribution < 1.29 is 13.2 Å². The number of para-hydroxylation sites is 6. The van der Waals surface area contributed by atoms with Gasteiger partial charge in [-0.25, -0.2) is 43.1 Å². The van der Waals surface area contributed by atoms with E-state index in [4.69, 9.17) is 29.9 Å². The third-order valence-electron chi connectivity index (χ3n) is 12.8. The normalized spacial score (nSPS) is 11.5. The van der Waals surface area contributed by atoms with Crippen molar-refractivity contribution in [2.45, 2.75) is 0 Å². The molecule has 72 heavy (non-hydrogen) atoms. The van der Waals surface area contributed by atoms with E-state index in [1.807, 2.05) is 159 Å². The fourth-order valence-corrected chi connectivity index (χ4v) is 9.37. The van der Waals surface area contributed by atoms with Gasteiger partial charge in [0.15, 0.2) is 17.5 Å². The number of imidazole rings is 3. The fourth-order valence-electron chi connectivity index (χ4n) is 9.37. The lowest BCUT2D eigenvalue weighted by Gasteiger charge is -2.13.